The molecule has 1 aliphatic rings. The van der Waals surface area contributed by atoms with Crippen molar-refractivity contribution in [2.45, 2.75) is 39.5 Å². The van der Waals surface area contributed by atoms with Crippen molar-refractivity contribution >= 4 is 0 Å². The Kier molecular flexibility index (Phi) is 4.20. The van der Waals surface area contributed by atoms with Crippen LogP contribution in [0.2, 0.25) is 0 Å². The van der Waals surface area contributed by atoms with Gasteiger partial charge in [0.05, 0.1) is 6.20 Å². The van der Waals surface area contributed by atoms with Crippen LogP contribution < -0.4 is 0 Å². The summed E-state index contributed by atoms with van der Waals surface area (Å²) in [5.41, 5.74) is 1.04. The average molecular weight is 300 g/mol. The second-order valence-electron chi connectivity index (χ2n) is 7.27. The largest absolute Gasteiger partial charge is 0.302 e. The highest BCUT2D eigenvalue weighted by Crippen LogP contribution is 2.27. The van der Waals surface area contributed by atoms with Crippen LogP contribution in [0.3, 0.4) is 0 Å². The Morgan fingerprint density at radius 2 is 2.18 bits per heavy atom. The maximum absolute atomic E-state index is 4.64. The molecule has 1 saturated heterocycles. The number of nitrogens with zero attached hydrogens (tertiary/aromatic N) is 5. The van der Waals surface area contributed by atoms with E-state index in [1.54, 1.807) is 18.6 Å². The quantitative estimate of drug-likeness (QED) is 0.943. The summed E-state index contributed by atoms with van der Waals surface area (Å²) in [5, 5.41) is 7.41. The smallest absolute Gasteiger partial charge is 0.201 e. The predicted octanol–water partition coefficient (Wildman–Crippen LogP) is 2.49. The summed E-state index contributed by atoms with van der Waals surface area (Å²) in [4.78, 5) is 15.5. The molecule has 0 amide bonds. The lowest BCUT2D eigenvalue weighted by Gasteiger charge is -2.35. The van der Waals surface area contributed by atoms with Crippen LogP contribution in [-0.4, -0.2) is 49.7 Å². The molecule has 0 saturated carbocycles. The third-order valence-electron chi connectivity index (χ3n) is 3.89. The molecule has 1 unspecified atom stereocenters. The Hall–Kier alpha value is -1.82. The molecule has 6 heteroatoms. The lowest BCUT2D eigenvalue weighted by atomic mass is 9.92. The highest BCUT2D eigenvalue weighted by Gasteiger charge is 2.26. The molecule has 6 nitrogen and oxygen atoms in total. The molecule has 1 atom stereocenters. The highest BCUT2D eigenvalue weighted by molar-refractivity contribution is 5.46. The van der Waals surface area contributed by atoms with Gasteiger partial charge in [0.15, 0.2) is 0 Å². The van der Waals surface area contributed by atoms with Crippen molar-refractivity contribution in [3.05, 3.63) is 24.4 Å². The first-order chi connectivity index (χ1) is 10.5. The molecular formula is C16H24N6. The van der Waals surface area contributed by atoms with E-state index in [9.17, 15) is 0 Å². The summed E-state index contributed by atoms with van der Waals surface area (Å²) in [5.74, 6) is 2.03. The van der Waals surface area contributed by atoms with E-state index in [2.05, 4.69) is 50.8 Å². The van der Waals surface area contributed by atoms with Gasteiger partial charge in [-0.1, -0.05) is 20.8 Å². The van der Waals surface area contributed by atoms with Crippen molar-refractivity contribution in [1.29, 1.82) is 0 Å². The van der Waals surface area contributed by atoms with Gasteiger partial charge in [0.2, 0.25) is 5.82 Å². The second-order valence-corrected chi connectivity index (χ2v) is 7.27. The monoisotopic (exact) mass is 300 g/mol. The molecule has 1 N–H and O–H groups in total. The number of nitrogens with one attached hydrogen (secondary N) is 1. The van der Waals surface area contributed by atoms with Crippen molar-refractivity contribution in [2.75, 3.05) is 19.6 Å². The Labute approximate surface area is 131 Å². The molecule has 3 heterocycles. The van der Waals surface area contributed by atoms with E-state index >= 15 is 0 Å². The fourth-order valence-corrected chi connectivity index (χ4v) is 3.08. The summed E-state index contributed by atoms with van der Waals surface area (Å²) in [7, 11) is 0. The zero-order valence-corrected chi connectivity index (χ0v) is 13.6. The Morgan fingerprint density at radius 3 is 2.91 bits per heavy atom. The van der Waals surface area contributed by atoms with Gasteiger partial charge in [-0.15, -0.1) is 0 Å². The number of aromatic nitrogens is 5. The standard InChI is InChI=1S/C16H24N6/c1-16(2,3)11-22-8-4-5-12(10-22)14-19-15(21-20-14)13-9-17-6-7-18-13/h6-7,9,12H,4-5,8,10-11H2,1-3H3,(H,19,20,21). The lowest BCUT2D eigenvalue weighted by Crippen LogP contribution is -2.39. The van der Waals surface area contributed by atoms with Gasteiger partial charge in [-0.3, -0.25) is 10.1 Å². The summed E-state index contributed by atoms with van der Waals surface area (Å²) in [6.07, 6.45) is 7.39. The molecule has 118 valence electrons. The van der Waals surface area contributed by atoms with E-state index in [1.807, 2.05) is 0 Å². The van der Waals surface area contributed by atoms with E-state index < -0.39 is 0 Å². The molecule has 2 aromatic heterocycles. The van der Waals surface area contributed by atoms with Crippen LogP contribution in [-0.2, 0) is 0 Å². The topological polar surface area (TPSA) is 70.6 Å². The third-order valence-corrected chi connectivity index (χ3v) is 3.89. The first kappa shape index (κ1) is 15.1. The van der Waals surface area contributed by atoms with Gasteiger partial charge < -0.3 is 4.90 Å². The summed E-state index contributed by atoms with van der Waals surface area (Å²) in [6, 6.07) is 0. The number of hydrogen-bond donors (Lipinski definition) is 1. The minimum atomic E-state index is 0.327. The zero-order valence-electron chi connectivity index (χ0n) is 13.6. The van der Waals surface area contributed by atoms with Gasteiger partial charge in [-0.2, -0.15) is 5.10 Å². The Bertz CT molecular complexity index is 601. The van der Waals surface area contributed by atoms with Gasteiger partial charge in [0.25, 0.3) is 0 Å². The number of likely N-dealkylation sites (tertiary alicyclic amines) is 1. The van der Waals surface area contributed by atoms with Crippen LogP contribution in [0.1, 0.15) is 45.4 Å². The maximum Gasteiger partial charge on any atom is 0.201 e. The Morgan fingerprint density at radius 1 is 1.32 bits per heavy atom. The average Bonchev–Trinajstić information content (AvgIpc) is 2.96. The maximum atomic E-state index is 4.64. The number of piperidine rings is 1. The van der Waals surface area contributed by atoms with Gasteiger partial charge in [0.1, 0.15) is 11.5 Å². The number of aromatic amines is 1. The van der Waals surface area contributed by atoms with Gasteiger partial charge in [-0.25, -0.2) is 9.97 Å². The number of rotatable bonds is 3. The summed E-state index contributed by atoms with van der Waals surface area (Å²) < 4.78 is 0. The van der Waals surface area contributed by atoms with Gasteiger partial charge in [0, 0.05) is 31.4 Å². The molecule has 0 aromatic carbocycles. The minimum Gasteiger partial charge on any atom is -0.302 e. The van der Waals surface area contributed by atoms with E-state index in [0.29, 0.717) is 22.9 Å². The molecule has 3 rings (SSSR count). The van der Waals surface area contributed by atoms with Crippen LogP contribution in [0, 0.1) is 5.41 Å². The fraction of sp³-hybridized carbons (Fsp3) is 0.625. The Balaban J connectivity index is 1.70. The SMILES string of the molecule is CC(C)(C)CN1CCCC(c2nc(-c3cnccn3)n[nH]2)C1. The van der Waals surface area contributed by atoms with Crippen molar-refractivity contribution in [1.82, 2.24) is 30.0 Å². The predicted molar refractivity (Wildman–Crippen MR) is 85.3 cm³/mol. The van der Waals surface area contributed by atoms with Crippen LogP contribution in [0.15, 0.2) is 18.6 Å². The molecule has 1 aliphatic heterocycles. The molecular weight excluding hydrogens is 276 g/mol. The lowest BCUT2D eigenvalue weighted by molar-refractivity contribution is 0.148. The summed E-state index contributed by atoms with van der Waals surface area (Å²) in [6.45, 7) is 10.2. The van der Waals surface area contributed by atoms with Crippen molar-refractivity contribution < 1.29 is 0 Å². The molecule has 0 aliphatic carbocycles. The minimum absolute atomic E-state index is 0.327. The van der Waals surface area contributed by atoms with Crippen LogP contribution in [0.4, 0.5) is 0 Å². The zero-order chi connectivity index (χ0) is 15.6. The fourth-order valence-electron chi connectivity index (χ4n) is 3.08. The number of hydrogen-bond acceptors (Lipinski definition) is 5. The van der Waals surface area contributed by atoms with Crippen molar-refractivity contribution in [3.63, 3.8) is 0 Å². The van der Waals surface area contributed by atoms with Gasteiger partial charge >= 0.3 is 0 Å². The van der Waals surface area contributed by atoms with Crippen molar-refractivity contribution in [2.24, 2.45) is 5.41 Å². The normalized spacial score (nSPS) is 20.2. The molecule has 0 spiro atoms. The molecule has 2 aromatic rings. The second kappa shape index (κ2) is 6.12. The first-order valence-electron chi connectivity index (χ1n) is 7.92. The van der Waals surface area contributed by atoms with Crippen LogP contribution >= 0.6 is 0 Å². The molecule has 0 radical (unpaired) electrons. The van der Waals surface area contributed by atoms with Crippen molar-refractivity contribution in [3.8, 4) is 11.5 Å². The van der Waals surface area contributed by atoms with E-state index in [0.717, 1.165) is 25.3 Å². The molecule has 22 heavy (non-hydrogen) atoms. The van der Waals surface area contributed by atoms with Crippen LogP contribution in [0.5, 0.6) is 0 Å². The van der Waals surface area contributed by atoms with E-state index in [1.165, 1.54) is 13.0 Å². The number of H-pyrrole nitrogens is 1. The molecule has 1 fully saturated rings. The van der Waals surface area contributed by atoms with Crippen LogP contribution in [0.25, 0.3) is 11.5 Å². The van der Waals surface area contributed by atoms with E-state index in [4.69, 9.17) is 0 Å². The van der Waals surface area contributed by atoms with Gasteiger partial charge in [-0.05, 0) is 24.8 Å². The molecule has 0 bridgehead atoms. The third kappa shape index (κ3) is 3.68. The van der Waals surface area contributed by atoms with E-state index in [-0.39, 0.29) is 0 Å². The first-order valence-corrected chi connectivity index (χ1v) is 7.92. The summed E-state index contributed by atoms with van der Waals surface area (Å²) >= 11 is 0. The highest BCUT2D eigenvalue weighted by atomic mass is 15.2.